The number of nitrogens with zero attached hydrogens (tertiary/aromatic N) is 3. The maximum Gasteiger partial charge on any atom is 0.280 e. The number of aromatic amines is 1. The fraction of sp³-hybridized carbons (Fsp3) is 0.276. The molecule has 178 valence electrons. The first-order valence-corrected chi connectivity index (χ1v) is 12.7. The maximum absolute atomic E-state index is 14.0. The molecule has 0 aliphatic heterocycles. The molecule has 0 amide bonds. The first kappa shape index (κ1) is 23.3. The smallest absolute Gasteiger partial charge is 0.280 e. The van der Waals surface area contributed by atoms with Crippen LogP contribution in [0.5, 0.6) is 0 Å². The molecule has 1 aliphatic carbocycles. The van der Waals surface area contributed by atoms with Crippen LogP contribution in [0.3, 0.4) is 0 Å². The number of fused-ring (bicyclic) bond motifs is 1. The van der Waals surface area contributed by atoms with Crippen LogP contribution in [0.15, 0.2) is 64.4 Å². The second kappa shape index (κ2) is 10.0. The minimum Gasteiger partial charge on any atom is -0.289 e. The van der Waals surface area contributed by atoms with E-state index >= 15 is 0 Å². The molecule has 0 bridgehead atoms. The van der Waals surface area contributed by atoms with Crippen LogP contribution >= 0.6 is 11.6 Å². The van der Waals surface area contributed by atoms with Crippen molar-refractivity contribution in [3.63, 3.8) is 0 Å². The molecule has 0 unspecified atom stereocenters. The zero-order valence-corrected chi connectivity index (χ0v) is 20.7. The molecule has 2 heterocycles. The summed E-state index contributed by atoms with van der Waals surface area (Å²) in [6, 6.07) is 15.9. The monoisotopic (exact) mass is 484 g/mol. The van der Waals surface area contributed by atoms with E-state index in [-0.39, 0.29) is 11.4 Å². The van der Waals surface area contributed by atoms with Crippen molar-refractivity contribution in [3.8, 4) is 22.4 Å². The van der Waals surface area contributed by atoms with Gasteiger partial charge in [-0.1, -0.05) is 67.8 Å². The molecule has 0 spiro atoms. The van der Waals surface area contributed by atoms with Gasteiger partial charge in [-0.25, -0.2) is 9.50 Å². The molecule has 1 saturated carbocycles. The summed E-state index contributed by atoms with van der Waals surface area (Å²) < 4.78 is 1.62. The molecule has 0 radical (unpaired) electrons. The van der Waals surface area contributed by atoms with Crippen LogP contribution in [0.25, 0.3) is 34.1 Å². The highest BCUT2D eigenvalue weighted by Crippen LogP contribution is 2.40. The Morgan fingerprint density at radius 2 is 1.91 bits per heavy atom. The van der Waals surface area contributed by atoms with Crippen molar-refractivity contribution in [2.45, 2.75) is 50.8 Å². The number of hydrogen-bond donors (Lipinski definition) is 1. The molecule has 0 atom stereocenters. The minimum absolute atomic E-state index is 0.143. The van der Waals surface area contributed by atoms with Crippen molar-refractivity contribution in [2.24, 2.45) is 4.99 Å². The number of nitrogens with one attached hydrogen (secondary N) is 1. The molecular formula is C29H29ClN4O. The Morgan fingerprint density at radius 1 is 1.14 bits per heavy atom. The van der Waals surface area contributed by atoms with Gasteiger partial charge in [0, 0.05) is 11.1 Å². The fourth-order valence-corrected chi connectivity index (χ4v) is 5.48. The van der Waals surface area contributed by atoms with Gasteiger partial charge in [0.15, 0.2) is 5.65 Å². The standard InChI is InChI=1S/C29H29ClN4O/c1-3-10-21-17-22(15-16-23(21)31-2)25-24(18-30)32-28-26(19-11-6-4-7-12-19)27(33-34(28)29(25)35)20-13-8-5-9-14-20/h3,5,8-10,13-17,19,33H,2,4,6-7,11-12,18H2,1H3/b10-3-. The van der Waals surface area contributed by atoms with Gasteiger partial charge in [-0.2, -0.15) is 0 Å². The highest BCUT2D eigenvalue weighted by Gasteiger charge is 2.27. The normalized spacial score (nSPS) is 14.7. The number of halogens is 1. The van der Waals surface area contributed by atoms with Crippen LogP contribution in [0, 0.1) is 0 Å². The molecule has 1 fully saturated rings. The summed E-state index contributed by atoms with van der Waals surface area (Å²) in [7, 11) is 0. The van der Waals surface area contributed by atoms with Gasteiger partial charge in [0.1, 0.15) is 0 Å². The number of aliphatic imine (C=N–C) groups is 1. The number of benzene rings is 2. The lowest BCUT2D eigenvalue weighted by Gasteiger charge is -2.22. The van der Waals surface area contributed by atoms with E-state index in [1.807, 2.05) is 55.5 Å². The van der Waals surface area contributed by atoms with Crippen molar-refractivity contribution in [1.82, 2.24) is 14.6 Å². The lowest BCUT2D eigenvalue weighted by atomic mass is 9.83. The lowest BCUT2D eigenvalue weighted by Crippen LogP contribution is -2.20. The average molecular weight is 485 g/mol. The van der Waals surface area contributed by atoms with E-state index in [0.717, 1.165) is 46.5 Å². The molecule has 1 N–H and O–H groups in total. The number of aromatic nitrogens is 3. The van der Waals surface area contributed by atoms with E-state index in [1.54, 1.807) is 4.52 Å². The molecule has 0 saturated heterocycles. The van der Waals surface area contributed by atoms with Gasteiger partial charge in [-0.15, -0.1) is 11.6 Å². The summed E-state index contributed by atoms with van der Waals surface area (Å²) in [4.78, 5) is 23.1. The largest absolute Gasteiger partial charge is 0.289 e. The van der Waals surface area contributed by atoms with Crippen molar-refractivity contribution < 1.29 is 0 Å². The van der Waals surface area contributed by atoms with E-state index in [0.29, 0.717) is 22.8 Å². The Bertz CT molecular complexity index is 1460. The van der Waals surface area contributed by atoms with E-state index in [9.17, 15) is 4.79 Å². The summed E-state index contributed by atoms with van der Waals surface area (Å²) in [5, 5.41) is 3.43. The number of alkyl halides is 1. The van der Waals surface area contributed by atoms with Gasteiger partial charge in [-0.3, -0.25) is 14.9 Å². The van der Waals surface area contributed by atoms with Crippen LogP contribution in [0.1, 0.15) is 61.8 Å². The predicted octanol–water partition coefficient (Wildman–Crippen LogP) is 7.51. The first-order chi connectivity index (χ1) is 17.2. The van der Waals surface area contributed by atoms with Crippen molar-refractivity contribution in [2.75, 3.05) is 0 Å². The highest BCUT2D eigenvalue weighted by atomic mass is 35.5. The average Bonchev–Trinajstić information content (AvgIpc) is 3.29. The molecule has 2 aromatic carbocycles. The maximum atomic E-state index is 14.0. The summed E-state index contributed by atoms with van der Waals surface area (Å²) >= 11 is 6.41. The molecule has 2 aromatic heterocycles. The molecule has 4 aromatic rings. The molecule has 6 heteroatoms. The molecule has 35 heavy (non-hydrogen) atoms. The SMILES string of the molecule is C=Nc1ccc(-c2c(CCl)nc3c(C4CCCCC4)c(-c4ccccc4)[nH]n3c2=O)cc1/C=C\C. The van der Waals surface area contributed by atoms with Crippen LogP contribution in [-0.2, 0) is 5.88 Å². The molecular weight excluding hydrogens is 456 g/mol. The van der Waals surface area contributed by atoms with E-state index in [1.165, 1.54) is 19.3 Å². The minimum atomic E-state index is -0.143. The Morgan fingerprint density at radius 3 is 2.60 bits per heavy atom. The first-order valence-electron chi connectivity index (χ1n) is 12.2. The van der Waals surface area contributed by atoms with Crippen molar-refractivity contribution in [1.29, 1.82) is 0 Å². The van der Waals surface area contributed by atoms with Crippen LogP contribution < -0.4 is 5.56 Å². The molecule has 1 aliphatic rings. The van der Waals surface area contributed by atoms with Gasteiger partial charge in [0.2, 0.25) is 0 Å². The van der Waals surface area contributed by atoms with E-state index < -0.39 is 0 Å². The number of H-pyrrole nitrogens is 1. The summed E-state index contributed by atoms with van der Waals surface area (Å²) in [5.41, 5.74) is 7.24. The fourth-order valence-electron chi connectivity index (χ4n) is 5.29. The van der Waals surface area contributed by atoms with Crippen LogP contribution in [-0.4, -0.2) is 21.3 Å². The van der Waals surface area contributed by atoms with Gasteiger partial charge < -0.3 is 0 Å². The van der Waals surface area contributed by atoms with Crippen LogP contribution in [0.4, 0.5) is 5.69 Å². The van der Waals surface area contributed by atoms with Crippen molar-refractivity contribution in [3.05, 3.63) is 81.8 Å². The zero-order valence-electron chi connectivity index (χ0n) is 19.9. The number of allylic oxidation sites excluding steroid dienone is 1. The Hall–Kier alpha value is -3.44. The van der Waals surface area contributed by atoms with E-state index in [4.69, 9.17) is 16.6 Å². The second-order valence-corrected chi connectivity index (χ2v) is 9.33. The third-order valence-electron chi connectivity index (χ3n) is 6.93. The number of hydrogen-bond acceptors (Lipinski definition) is 3. The van der Waals surface area contributed by atoms with Gasteiger partial charge >= 0.3 is 0 Å². The Kier molecular flexibility index (Phi) is 6.69. The van der Waals surface area contributed by atoms with Gasteiger partial charge in [0.25, 0.3) is 5.56 Å². The summed E-state index contributed by atoms with van der Waals surface area (Å²) in [5.74, 6) is 0.512. The summed E-state index contributed by atoms with van der Waals surface area (Å²) in [6.45, 7) is 5.61. The number of rotatable bonds is 6. The quantitative estimate of drug-likeness (QED) is 0.227. The van der Waals surface area contributed by atoms with Crippen LogP contribution in [0.2, 0.25) is 0 Å². The van der Waals surface area contributed by atoms with Gasteiger partial charge in [0.05, 0.1) is 28.5 Å². The Labute approximate surface area is 210 Å². The molecule has 5 rings (SSSR count). The summed E-state index contributed by atoms with van der Waals surface area (Å²) in [6.07, 6.45) is 9.75. The lowest BCUT2D eigenvalue weighted by molar-refractivity contribution is 0.445. The van der Waals surface area contributed by atoms with Gasteiger partial charge in [-0.05, 0) is 55.7 Å². The van der Waals surface area contributed by atoms with Crippen molar-refractivity contribution >= 4 is 35.7 Å². The highest BCUT2D eigenvalue weighted by molar-refractivity contribution is 6.17. The third kappa shape index (κ3) is 4.25. The van der Waals surface area contributed by atoms with E-state index in [2.05, 4.69) is 28.9 Å². The predicted molar refractivity (Wildman–Crippen MR) is 146 cm³/mol. The topological polar surface area (TPSA) is 62.5 Å². The third-order valence-corrected chi connectivity index (χ3v) is 7.18. The molecule has 5 nitrogen and oxygen atoms in total. The second-order valence-electron chi connectivity index (χ2n) is 9.06. The zero-order chi connectivity index (χ0) is 24.4. The Balaban J connectivity index is 1.79.